The molecule has 0 bridgehead atoms. The summed E-state index contributed by atoms with van der Waals surface area (Å²) in [5, 5.41) is 20.1. The third-order valence-corrected chi connectivity index (χ3v) is 5.29. The Hall–Kier alpha value is -3.95. The summed E-state index contributed by atoms with van der Waals surface area (Å²) in [6, 6.07) is 11.4. The molecule has 3 rings (SSSR count). The number of halogens is 1. The summed E-state index contributed by atoms with van der Waals surface area (Å²) in [6.07, 6.45) is 5.07. The number of methoxy groups -OCH3 is 1. The Morgan fingerprint density at radius 1 is 1.09 bits per heavy atom. The predicted molar refractivity (Wildman–Crippen MR) is 127 cm³/mol. The highest BCUT2D eigenvalue weighted by Crippen LogP contribution is 2.24. The van der Waals surface area contributed by atoms with Gasteiger partial charge in [-0.1, -0.05) is 29.8 Å². The molecule has 10 heteroatoms. The van der Waals surface area contributed by atoms with Gasteiger partial charge in [0.1, 0.15) is 28.6 Å². The second-order valence-corrected chi connectivity index (χ2v) is 7.88. The summed E-state index contributed by atoms with van der Waals surface area (Å²) >= 11 is 0. The number of aromatic nitrogens is 3. The number of amides is 1. The number of carboxylic acid groups (broad SMARTS) is 1. The zero-order chi connectivity index (χ0) is 25.0. The van der Waals surface area contributed by atoms with Gasteiger partial charge >= 0.3 is 5.97 Å². The lowest BCUT2D eigenvalue weighted by molar-refractivity contribution is -0.121. The Balaban J connectivity index is 1.29. The Morgan fingerprint density at radius 2 is 1.89 bits per heavy atom. The fourth-order valence-electron chi connectivity index (χ4n) is 3.49. The molecule has 0 aliphatic heterocycles. The highest BCUT2D eigenvalue weighted by atomic mass is 19.1. The van der Waals surface area contributed by atoms with Crippen molar-refractivity contribution in [1.82, 2.24) is 20.3 Å². The molecular weight excluding hydrogens is 455 g/mol. The van der Waals surface area contributed by atoms with E-state index in [0.717, 1.165) is 36.8 Å². The maximum atomic E-state index is 13.9. The second kappa shape index (κ2) is 13.1. The number of aryl methyl sites for hydroxylation is 1. The van der Waals surface area contributed by atoms with Gasteiger partial charge in [0.2, 0.25) is 5.91 Å². The first-order valence-electron chi connectivity index (χ1n) is 11.4. The first-order chi connectivity index (χ1) is 17.0. The Bertz CT molecular complexity index is 1130. The van der Waals surface area contributed by atoms with Crippen LogP contribution in [-0.4, -0.2) is 52.2 Å². The van der Waals surface area contributed by atoms with Gasteiger partial charge in [0, 0.05) is 31.1 Å². The van der Waals surface area contributed by atoms with Gasteiger partial charge in [0.25, 0.3) is 0 Å². The van der Waals surface area contributed by atoms with Crippen LogP contribution in [0.25, 0.3) is 11.3 Å². The summed E-state index contributed by atoms with van der Waals surface area (Å²) in [4.78, 5) is 23.4. The summed E-state index contributed by atoms with van der Waals surface area (Å²) in [6.45, 7) is 1.60. The number of rotatable bonds is 14. The molecule has 186 valence electrons. The number of nitrogens with zero attached hydrogens (tertiary/aromatic N) is 3. The number of unbranched alkanes of at least 4 members (excludes halogenated alkanes) is 2. The van der Waals surface area contributed by atoms with Crippen molar-refractivity contribution in [2.45, 2.75) is 38.6 Å². The summed E-state index contributed by atoms with van der Waals surface area (Å²) in [5.74, 6) is -0.698. The molecule has 1 amide bonds. The fraction of sp³-hybridized carbons (Fsp3) is 0.360. The van der Waals surface area contributed by atoms with Crippen molar-refractivity contribution in [3.8, 4) is 22.8 Å². The molecule has 0 aliphatic rings. The number of benzene rings is 2. The van der Waals surface area contributed by atoms with E-state index in [9.17, 15) is 19.1 Å². The molecule has 0 radical (unpaired) electrons. The summed E-state index contributed by atoms with van der Waals surface area (Å²) in [7, 11) is 1.60. The zero-order valence-electron chi connectivity index (χ0n) is 19.6. The molecule has 0 atom stereocenters. The molecule has 3 aromatic rings. The number of nitrogens with one attached hydrogen (secondary N) is 1. The topological polar surface area (TPSA) is 116 Å². The number of carboxylic acids is 1. The lowest BCUT2D eigenvalue weighted by atomic mass is 10.0. The number of carbonyl (C=O) groups is 2. The van der Waals surface area contributed by atoms with Crippen molar-refractivity contribution in [3.63, 3.8) is 0 Å². The molecule has 1 heterocycles. The van der Waals surface area contributed by atoms with Gasteiger partial charge < -0.3 is 19.9 Å². The van der Waals surface area contributed by atoms with Crippen LogP contribution < -0.4 is 14.8 Å². The van der Waals surface area contributed by atoms with Crippen molar-refractivity contribution in [1.29, 1.82) is 0 Å². The van der Waals surface area contributed by atoms with Gasteiger partial charge in [-0.3, -0.25) is 9.48 Å². The molecule has 2 aromatic carbocycles. The molecule has 0 fully saturated rings. The van der Waals surface area contributed by atoms with E-state index < -0.39 is 17.3 Å². The average molecular weight is 485 g/mol. The highest BCUT2D eigenvalue weighted by molar-refractivity contribution is 5.95. The molecule has 0 aliphatic carbocycles. The molecule has 1 aromatic heterocycles. The smallest absolute Gasteiger partial charge is 0.339 e. The van der Waals surface area contributed by atoms with Crippen LogP contribution >= 0.6 is 0 Å². The number of carbonyl (C=O) groups excluding carboxylic acids is 1. The zero-order valence-corrected chi connectivity index (χ0v) is 19.6. The quantitative estimate of drug-likeness (QED) is 0.333. The highest BCUT2D eigenvalue weighted by Gasteiger charge is 2.18. The van der Waals surface area contributed by atoms with Gasteiger partial charge in [0.15, 0.2) is 0 Å². The van der Waals surface area contributed by atoms with E-state index in [0.29, 0.717) is 38.2 Å². The van der Waals surface area contributed by atoms with E-state index in [1.54, 1.807) is 18.0 Å². The Labute approximate surface area is 202 Å². The van der Waals surface area contributed by atoms with Crippen LogP contribution in [0.4, 0.5) is 4.39 Å². The molecule has 9 nitrogen and oxygen atoms in total. The van der Waals surface area contributed by atoms with Gasteiger partial charge in [-0.05, 0) is 37.5 Å². The number of hydrogen-bond acceptors (Lipinski definition) is 6. The lowest BCUT2D eigenvalue weighted by Gasteiger charge is -2.08. The van der Waals surface area contributed by atoms with Crippen LogP contribution in [0.2, 0.25) is 0 Å². The minimum Gasteiger partial charge on any atom is -0.497 e. The van der Waals surface area contributed by atoms with Crippen LogP contribution in [0, 0.1) is 5.82 Å². The fourth-order valence-corrected chi connectivity index (χ4v) is 3.49. The van der Waals surface area contributed by atoms with Crippen molar-refractivity contribution in [2.75, 3.05) is 20.3 Å². The number of aromatic carboxylic acids is 1. The molecule has 35 heavy (non-hydrogen) atoms. The molecule has 2 N–H and O–H groups in total. The van der Waals surface area contributed by atoms with E-state index in [4.69, 9.17) is 9.47 Å². The molecule has 0 saturated carbocycles. The maximum Gasteiger partial charge on any atom is 0.339 e. The minimum absolute atomic E-state index is 0.00160. The van der Waals surface area contributed by atoms with Crippen molar-refractivity contribution in [3.05, 3.63) is 60.0 Å². The first-order valence-corrected chi connectivity index (χ1v) is 11.4. The standard InChI is InChI=1S/C25H29FN4O5/c1-34-18-8-5-9-19(16-18)35-15-7-13-27-23(31)12-3-2-4-14-30-17-22(28-29-30)20-10-6-11-21(26)24(20)25(32)33/h5-6,8-11,16-17H,2-4,7,12-15H2,1H3,(H,27,31)(H,32,33). The third kappa shape index (κ3) is 7.80. The summed E-state index contributed by atoms with van der Waals surface area (Å²) < 4.78 is 26.3. The van der Waals surface area contributed by atoms with Gasteiger partial charge in [-0.25, -0.2) is 9.18 Å². The van der Waals surface area contributed by atoms with Gasteiger partial charge in [0.05, 0.1) is 19.9 Å². The predicted octanol–water partition coefficient (Wildman–Crippen LogP) is 3.94. The minimum atomic E-state index is -1.35. The Morgan fingerprint density at radius 3 is 2.69 bits per heavy atom. The van der Waals surface area contributed by atoms with Crippen LogP contribution in [0.1, 0.15) is 42.5 Å². The largest absolute Gasteiger partial charge is 0.497 e. The van der Waals surface area contributed by atoms with Crippen LogP contribution in [-0.2, 0) is 11.3 Å². The monoisotopic (exact) mass is 484 g/mol. The lowest BCUT2D eigenvalue weighted by Crippen LogP contribution is -2.25. The SMILES string of the molecule is COc1cccc(OCCCNC(=O)CCCCCn2cc(-c3cccc(F)c3C(=O)O)nn2)c1. The van der Waals surface area contributed by atoms with Gasteiger partial charge in [-0.2, -0.15) is 0 Å². The van der Waals surface area contributed by atoms with Gasteiger partial charge in [-0.15, -0.1) is 5.10 Å². The third-order valence-electron chi connectivity index (χ3n) is 5.29. The normalized spacial score (nSPS) is 10.7. The molecule has 0 saturated heterocycles. The van der Waals surface area contributed by atoms with Crippen molar-refractivity contribution < 1.29 is 28.6 Å². The molecular formula is C25H29FN4O5. The number of hydrogen-bond donors (Lipinski definition) is 2. The van der Waals surface area contributed by atoms with Crippen molar-refractivity contribution >= 4 is 11.9 Å². The summed E-state index contributed by atoms with van der Waals surface area (Å²) in [5.41, 5.74) is 0.0726. The first kappa shape index (κ1) is 25.7. The van der Waals surface area contributed by atoms with E-state index in [1.165, 1.54) is 12.1 Å². The number of ether oxygens (including phenoxy) is 2. The Kier molecular flexibility index (Phi) is 9.58. The van der Waals surface area contributed by atoms with Crippen LogP contribution in [0.3, 0.4) is 0 Å². The van der Waals surface area contributed by atoms with Crippen molar-refractivity contribution in [2.24, 2.45) is 0 Å². The molecule has 0 unspecified atom stereocenters. The van der Waals surface area contributed by atoms with Crippen LogP contribution in [0.5, 0.6) is 11.5 Å². The average Bonchev–Trinajstić information content (AvgIpc) is 3.32. The van der Waals surface area contributed by atoms with E-state index in [-0.39, 0.29) is 11.5 Å². The molecule has 0 spiro atoms. The maximum absolute atomic E-state index is 13.9. The van der Waals surface area contributed by atoms with E-state index in [1.807, 2.05) is 24.3 Å². The second-order valence-electron chi connectivity index (χ2n) is 7.88. The van der Waals surface area contributed by atoms with E-state index >= 15 is 0 Å². The van der Waals surface area contributed by atoms with E-state index in [2.05, 4.69) is 15.6 Å². The van der Waals surface area contributed by atoms with Crippen LogP contribution in [0.15, 0.2) is 48.7 Å².